The van der Waals surface area contributed by atoms with Crippen molar-refractivity contribution in [3.8, 4) is 0 Å². The fraction of sp³-hybridized carbons (Fsp3) is 0.500. The molecule has 4 atom stereocenters. The zero-order chi connectivity index (χ0) is 29.1. The van der Waals surface area contributed by atoms with Gasteiger partial charge in [0.25, 0.3) is 0 Å². The third-order valence-electron chi connectivity index (χ3n) is 6.11. The SMILES string of the molecule is CC(C)CC(N)C(=O)NC(Cc1c[nH]c2ccccc12)C(=O)NC(C)C(=O)NC(CCCN=C(N)N)C(=O)O. The van der Waals surface area contributed by atoms with Crippen molar-refractivity contribution in [2.45, 2.75) is 70.6 Å². The smallest absolute Gasteiger partial charge is 0.326 e. The Labute approximate surface area is 227 Å². The fourth-order valence-corrected chi connectivity index (χ4v) is 4.06. The van der Waals surface area contributed by atoms with Crippen LogP contribution in [0.1, 0.15) is 45.6 Å². The molecule has 0 aliphatic rings. The molecule has 4 unspecified atom stereocenters. The monoisotopic (exact) mass is 544 g/mol. The van der Waals surface area contributed by atoms with Crippen LogP contribution in [0, 0.1) is 5.92 Å². The quantitative estimate of drug-likeness (QED) is 0.0840. The average Bonchev–Trinajstić information content (AvgIpc) is 3.27. The first kappa shape index (κ1) is 31.1. The summed E-state index contributed by atoms with van der Waals surface area (Å²) in [5.74, 6) is -2.93. The number of carboxylic acid groups (broad SMARTS) is 1. The molecule has 13 nitrogen and oxygen atoms in total. The van der Waals surface area contributed by atoms with Crippen LogP contribution >= 0.6 is 0 Å². The van der Waals surface area contributed by atoms with E-state index in [1.54, 1.807) is 6.20 Å². The maximum Gasteiger partial charge on any atom is 0.326 e. The summed E-state index contributed by atoms with van der Waals surface area (Å²) < 4.78 is 0. The molecule has 0 radical (unpaired) electrons. The molecule has 0 fully saturated rings. The lowest BCUT2D eigenvalue weighted by atomic mass is 10.0. The van der Waals surface area contributed by atoms with Gasteiger partial charge in [0.2, 0.25) is 17.7 Å². The predicted molar refractivity (Wildman–Crippen MR) is 148 cm³/mol. The molecule has 1 aromatic carbocycles. The van der Waals surface area contributed by atoms with Gasteiger partial charge in [0, 0.05) is 30.1 Å². The number of rotatable bonds is 15. The molecule has 0 bridgehead atoms. The molecule has 0 aliphatic carbocycles. The van der Waals surface area contributed by atoms with Crippen molar-refractivity contribution in [3.05, 3.63) is 36.0 Å². The van der Waals surface area contributed by atoms with Gasteiger partial charge < -0.3 is 43.2 Å². The van der Waals surface area contributed by atoms with Gasteiger partial charge in [0.1, 0.15) is 18.1 Å². The van der Waals surface area contributed by atoms with E-state index in [4.69, 9.17) is 17.2 Å². The molecule has 0 saturated heterocycles. The van der Waals surface area contributed by atoms with Gasteiger partial charge in [-0.3, -0.25) is 19.4 Å². The Morgan fingerprint density at radius 1 is 0.974 bits per heavy atom. The molecule has 0 aliphatic heterocycles. The van der Waals surface area contributed by atoms with Crippen molar-refractivity contribution in [3.63, 3.8) is 0 Å². The van der Waals surface area contributed by atoms with Gasteiger partial charge >= 0.3 is 5.97 Å². The Morgan fingerprint density at radius 3 is 2.28 bits per heavy atom. The first-order chi connectivity index (χ1) is 18.4. The van der Waals surface area contributed by atoms with Crippen LogP contribution in [0.15, 0.2) is 35.5 Å². The number of fused-ring (bicyclic) bond motifs is 1. The molecular weight excluding hydrogens is 504 g/mol. The van der Waals surface area contributed by atoms with E-state index in [1.165, 1.54) is 6.92 Å². The van der Waals surface area contributed by atoms with Crippen LogP contribution in [-0.2, 0) is 25.6 Å². The number of benzene rings is 1. The summed E-state index contributed by atoms with van der Waals surface area (Å²) in [5, 5.41) is 18.1. The van der Waals surface area contributed by atoms with Crippen LogP contribution in [0.5, 0.6) is 0 Å². The van der Waals surface area contributed by atoms with Gasteiger partial charge in [-0.05, 0) is 43.7 Å². The van der Waals surface area contributed by atoms with E-state index < -0.39 is 47.9 Å². The highest BCUT2D eigenvalue weighted by molar-refractivity contribution is 5.94. The van der Waals surface area contributed by atoms with Crippen LogP contribution in [0.4, 0.5) is 0 Å². The molecule has 2 aromatic rings. The topological polar surface area (TPSA) is 231 Å². The maximum atomic E-state index is 13.3. The summed E-state index contributed by atoms with van der Waals surface area (Å²) in [5.41, 5.74) is 18.2. The molecule has 39 heavy (non-hydrogen) atoms. The van der Waals surface area contributed by atoms with Crippen molar-refractivity contribution in [1.29, 1.82) is 0 Å². The molecule has 3 amide bonds. The van der Waals surface area contributed by atoms with E-state index in [2.05, 4.69) is 25.9 Å². The van der Waals surface area contributed by atoms with Gasteiger partial charge in [-0.25, -0.2) is 4.79 Å². The van der Waals surface area contributed by atoms with Crippen LogP contribution in [0.25, 0.3) is 10.9 Å². The Bertz CT molecular complexity index is 1170. The summed E-state index contributed by atoms with van der Waals surface area (Å²) in [7, 11) is 0. The van der Waals surface area contributed by atoms with Crippen molar-refractivity contribution in [2.75, 3.05) is 6.54 Å². The van der Waals surface area contributed by atoms with Crippen molar-refractivity contribution in [1.82, 2.24) is 20.9 Å². The van der Waals surface area contributed by atoms with E-state index >= 15 is 0 Å². The number of aliphatic imine (C=N–C) groups is 1. The van der Waals surface area contributed by atoms with Crippen molar-refractivity contribution < 1.29 is 24.3 Å². The highest BCUT2D eigenvalue weighted by Crippen LogP contribution is 2.19. The Kier molecular flexibility index (Phi) is 11.7. The minimum absolute atomic E-state index is 0.0888. The van der Waals surface area contributed by atoms with Gasteiger partial charge in [-0.1, -0.05) is 32.0 Å². The van der Waals surface area contributed by atoms with E-state index in [9.17, 15) is 24.3 Å². The van der Waals surface area contributed by atoms with Crippen molar-refractivity contribution in [2.24, 2.45) is 28.1 Å². The number of nitrogens with two attached hydrogens (primary N) is 3. The molecular formula is C26H40N8O5. The lowest BCUT2D eigenvalue weighted by Gasteiger charge is -2.24. The van der Waals surface area contributed by atoms with Crippen LogP contribution in [0.3, 0.4) is 0 Å². The zero-order valence-electron chi connectivity index (χ0n) is 22.6. The van der Waals surface area contributed by atoms with Gasteiger partial charge in [0.05, 0.1) is 6.04 Å². The lowest BCUT2D eigenvalue weighted by Crippen LogP contribution is -2.57. The molecule has 0 saturated carbocycles. The minimum Gasteiger partial charge on any atom is -0.480 e. The van der Waals surface area contributed by atoms with E-state index in [0.29, 0.717) is 12.8 Å². The fourth-order valence-electron chi connectivity index (χ4n) is 4.06. The number of nitrogens with zero attached hydrogens (tertiary/aromatic N) is 1. The molecule has 0 spiro atoms. The zero-order valence-corrected chi connectivity index (χ0v) is 22.6. The normalized spacial score (nSPS) is 14.2. The number of H-pyrrole nitrogens is 1. The number of hydrogen-bond donors (Lipinski definition) is 8. The number of carbonyl (C=O) groups is 4. The second-order valence-electron chi connectivity index (χ2n) is 9.94. The first-order valence-electron chi connectivity index (χ1n) is 12.9. The van der Waals surface area contributed by atoms with Gasteiger partial charge in [0.15, 0.2) is 5.96 Å². The number of nitrogens with one attached hydrogen (secondary N) is 4. The van der Waals surface area contributed by atoms with Crippen LogP contribution < -0.4 is 33.2 Å². The van der Waals surface area contributed by atoms with Crippen molar-refractivity contribution >= 4 is 40.6 Å². The summed E-state index contributed by atoms with van der Waals surface area (Å²) in [6, 6.07) is 3.44. The summed E-state index contributed by atoms with van der Waals surface area (Å²) >= 11 is 0. The summed E-state index contributed by atoms with van der Waals surface area (Å²) in [6.07, 6.45) is 2.76. The third-order valence-corrected chi connectivity index (χ3v) is 6.11. The molecule has 11 N–H and O–H groups in total. The number of amides is 3. The van der Waals surface area contributed by atoms with E-state index in [0.717, 1.165) is 16.5 Å². The number of aromatic nitrogens is 1. The molecule has 214 valence electrons. The number of carbonyl (C=O) groups excluding carboxylic acids is 3. The molecule has 1 heterocycles. The van der Waals surface area contributed by atoms with Crippen LogP contribution in [-0.4, -0.2) is 70.5 Å². The Morgan fingerprint density at radius 2 is 1.64 bits per heavy atom. The highest BCUT2D eigenvalue weighted by Gasteiger charge is 2.29. The third kappa shape index (κ3) is 9.93. The van der Waals surface area contributed by atoms with E-state index in [-0.39, 0.29) is 31.3 Å². The van der Waals surface area contributed by atoms with Gasteiger partial charge in [-0.2, -0.15) is 0 Å². The standard InChI is InChI=1S/C26H40N8O5/c1-14(2)11-18(27)23(36)34-21(12-16-13-31-19-8-5-4-7-17(16)19)24(37)32-15(3)22(35)33-20(25(38)39)9-6-10-30-26(28)29/h4-5,7-8,13-15,18,20-21,31H,6,9-12,27H2,1-3H3,(H,32,37)(H,33,35)(H,34,36)(H,38,39)(H4,28,29,30). The number of para-hydroxylation sites is 1. The number of carboxylic acids is 1. The second-order valence-corrected chi connectivity index (χ2v) is 9.94. The highest BCUT2D eigenvalue weighted by atomic mass is 16.4. The average molecular weight is 545 g/mol. The Hall–Kier alpha value is -4.13. The summed E-state index contributed by atoms with van der Waals surface area (Å²) in [4.78, 5) is 57.4. The minimum atomic E-state index is -1.23. The van der Waals surface area contributed by atoms with Gasteiger partial charge in [-0.15, -0.1) is 0 Å². The lowest BCUT2D eigenvalue weighted by molar-refractivity contribution is -0.142. The summed E-state index contributed by atoms with van der Waals surface area (Å²) in [6.45, 7) is 5.52. The number of guanidine groups is 1. The number of aromatic amines is 1. The molecule has 2 rings (SSSR count). The Balaban J connectivity index is 2.12. The first-order valence-corrected chi connectivity index (χ1v) is 12.9. The van der Waals surface area contributed by atoms with Crippen LogP contribution in [0.2, 0.25) is 0 Å². The second kappa shape index (κ2) is 14.7. The number of hydrogen-bond acceptors (Lipinski definition) is 6. The van der Waals surface area contributed by atoms with E-state index in [1.807, 2.05) is 38.1 Å². The molecule has 13 heteroatoms. The molecule has 1 aromatic heterocycles. The largest absolute Gasteiger partial charge is 0.480 e. The predicted octanol–water partition coefficient (Wildman–Crippen LogP) is -0.304. The number of aliphatic carboxylic acids is 1. The maximum absolute atomic E-state index is 13.3.